The Balaban J connectivity index is 2.27. The van der Waals surface area contributed by atoms with Crippen LogP contribution in [0.15, 0.2) is 18.2 Å². The Kier molecular flexibility index (Phi) is 2.57. The van der Waals surface area contributed by atoms with Crippen molar-refractivity contribution in [3.63, 3.8) is 0 Å². The van der Waals surface area contributed by atoms with Gasteiger partial charge in [-0.3, -0.25) is 0 Å². The number of hydrogen-bond donors (Lipinski definition) is 1. The lowest BCUT2D eigenvalue weighted by Gasteiger charge is -2.10. The molecule has 0 bridgehead atoms. The summed E-state index contributed by atoms with van der Waals surface area (Å²) in [5, 5.41) is 8.96. The van der Waals surface area contributed by atoms with Crippen LogP contribution in [0.1, 0.15) is 35.6 Å². The van der Waals surface area contributed by atoms with E-state index < -0.39 is 18.0 Å². The van der Waals surface area contributed by atoms with Gasteiger partial charge in [0.1, 0.15) is 0 Å². The van der Waals surface area contributed by atoms with Crippen molar-refractivity contribution in [3.05, 3.63) is 29.6 Å². The molecule has 7 heteroatoms. The number of hydrogen-bond acceptors (Lipinski definition) is 2. The van der Waals surface area contributed by atoms with Gasteiger partial charge in [-0.15, -0.1) is 0 Å². The number of rotatable bonds is 2. The third-order valence-corrected chi connectivity index (χ3v) is 3.59. The third-order valence-electron chi connectivity index (χ3n) is 3.59. The van der Waals surface area contributed by atoms with Crippen LogP contribution in [0.3, 0.4) is 0 Å². The van der Waals surface area contributed by atoms with Crippen molar-refractivity contribution in [2.24, 2.45) is 5.92 Å². The Labute approximate surface area is 111 Å². The molecule has 2 unspecified atom stereocenters. The minimum Gasteiger partial charge on any atom is -0.478 e. The Hall–Kier alpha value is -2.05. The van der Waals surface area contributed by atoms with Gasteiger partial charge in [0.05, 0.1) is 16.6 Å². The molecule has 1 aliphatic rings. The highest BCUT2D eigenvalue weighted by Crippen LogP contribution is 2.47. The molecule has 0 radical (unpaired) electrons. The SMILES string of the molecule is CC1CC1n1c(C(F)(F)F)nc2ccc(C(=O)O)cc21. The summed E-state index contributed by atoms with van der Waals surface area (Å²) in [4.78, 5) is 14.6. The number of aromatic nitrogens is 2. The van der Waals surface area contributed by atoms with E-state index in [9.17, 15) is 18.0 Å². The lowest BCUT2D eigenvalue weighted by atomic mass is 10.2. The molecule has 1 saturated carbocycles. The number of carbonyl (C=O) groups is 1. The molecular weight excluding hydrogens is 273 g/mol. The van der Waals surface area contributed by atoms with Crippen LogP contribution in [0, 0.1) is 5.92 Å². The Morgan fingerprint density at radius 2 is 2.10 bits per heavy atom. The fraction of sp³-hybridized carbons (Fsp3) is 0.385. The average Bonchev–Trinajstić information content (AvgIpc) is 2.93. The highest BCUT2D eigenvalue weighted by molar-refractivity contribution is 5.92. The Bertz CT molecular complexity index is 705. The van der Waals surface area contributed by atoms with Gasteiger partial charge in [0.15, 0.2) is 0 Å². The fourth-order valence-electron chi connectivity index (χ4n) is 2.42. The number of aromatic carboxylic acids is 1. The average molecular weight is 284 g/mol. The second-order valence-electron chi connectivity index (χ2n) is 5.09. The van der Waals surface area contributed by atoms with E-state index in [1.165, 1.54) is 18.2 Å². The van der Waals surface area contributed by atoms with Gasteiger partial charge in [-0.2, -0.15) is 13.2 Å². The number of benzene rings is 1. The fourth-order valence-corrected chi connectivity index (χ4v) is 2.42. The summed E-state index contributed by atoms with van der Waals surface area (Å²) in [6.45, 7) is 1.86. The van der Waals surface area contributed by atoms with E-state index in [-0.39, 0.29) is 28.6 Å². The van der Waals surface area contributed by atoms with Crippen LogP contribution in [0.5, 0.6) is 0 Å². The lowest BCUT2D eigenvalue weighted by Crippen LogP contribution is -2.14. The Morgan fingerprint density at radius 1 is 1.45 bits per heavy atom. The first kappa shape index (κ1) is 13.0. The number of alkyl halides is 3. The van der Waals surface area contributed by atoms with Gasteiger partial charge in [-0.1, -0.05) is 6.92 Å². The summed E-state index contributed by atoms with van der Waals surface area (Å²) in [7, 11) is 0. The number of carboxylic acids is 1. The first-order valence-electron chi connectivity index (χ1n) is 6.11. The third kappa shape index (κ3) is 1.93. The van der Waals surface area contributed by atoms with Gasteiger partial charge >= 0.3 is 12.1 Å². The van der Waals surface area contributed by atoms with Gasteiger partial charge in [0, 0.05) is 6.04 Å². The standard InChI is InChI=1S/C13H11F3N2O2/c1-6-4-9(6)18-10-5-7(11(19)20)2-3-8(10)17-12(18)13(14,15)16/h2-3,5-6,9H,4H2,1H3,(H,19,20). The largest absolute Gasteiger partial charge is 0.478 e. The van der Waals surface area contributed by atoms with Crippen LogP contribution in [-0.2, 0) is 6.18 Å². The number of nitrogens with zero attached hydrogens (tertiary/aromatic N) is 2. The topological polar surface area (TPSA) is 55.1 Å². The minimum absolute atomic E-state index is 0.0410. The van der Waals surface area contributed by atoms with E-state index in [0.717, 1.165) is 4.57 Å². The summed E-state index contributed by atoms with van der Waals surface area (Å²) in [5.41, 5.74) is 0.355. The molecule has 20 heavy (non-hydrogen) atoms. The van der Waals surface area contributed by atoms with Gasteiger partial charge < -0.3 is 9.67 Å². The highest BCUT2D eigenvalue weighted by atomic mass is 19.4. The molecule has 0 amide bonds. The first-order valence-corrected chi connectivity index (χ1v) is 6.11. The molecule has 106 valence electrons. The van der Waals surface area contributed by atoms with Crippen molar-refractivity contribution in [2.45, 2.75) is 25.6 Å². The van der Waals surface area contributed by atoms with Gasteiger partial charge in [-0.25, -0.2) is 9.78 Å². The lowest BCUT2D eigenvalue weighted by molar-refractivity contribution is -0.147. The zero-order chi connectivity index (χ0) is 14.7. The maximum absolute atomic E-state index is 13.1. The van der Waals surface area contributed by atoms with E-state index in [1.807, 2.05) is 6.92 Å². The van der Waals surface area contributed by atoms with Crippen molar-refractivity contribution in [3.8, 4) is 0 Å². The van der Waals surface area contributed by atoms with E-state index in [2.05, 4.69) is 4.98 Å². The maximum atomic E-state index is 13.1. The molecular formula is C13H11F3N2O2. The number of fused-ring (bicyclic) bond motifs is 1. The molecule has 1 fully saturated rings. The van der Waals surface area contributed by atoms with Crippen LogP contribution in [0.2, 0.25) is 0 Å². The Morgan fingerprint density at radius 3 is 2.60 bits per heavy atom. The van der Waals surface area contributed by atoms with Crippen LogP contribution in [0.25, 0.3) is 11.0 Å². The minimum atomic E-state index is -4.55. The summed E-state index contributed by atoms with van der Waals surface area (Å²) >= 11 is 0. The van der Waals surface area contributed by atoms with Crippen LogP contribution in [-0.4, -0.2) is 20.6 Å². The van der Waals surface area contributed by atoms with E-state index in [4.69, 9.17) is 5.11 Å². The highest BCUT2D eigenvalue weighted by Gasteiger charge is 2.44. The van der Waals surface area contributed by atoms with Crippen molar-refractivity contribution in [1.29, 1.82) is 0 Å². The molecule has 2 atom stereocenters. The van der Waals surface area contributed by atoms with E-state index >= 15 is 0 Å². The molecule has 1 aromatic carbocycles. The quantitative estimate of drug-likeness (QED) is 0.920. The van der Waals surface area contributed by atoms with E-state index in [0.29, 0.717) is 6.42 Å². The van der Waals surface area contributed by atoms with Crippen molar-refractivity contribution in [1.82, 2.24) is 9.55 Å². The monoisotopic (exact) mass is 284 g/mol. The molecule has 3 rings (SSSR count). The molecule has 0 spiro atoms. The predicted octanol–water partition coefficient (Wildman–Crippen LogP) is 3.33. The zero-order valence-corrected chi connectivity index (χ0v) is 10.5. The van der Waals surface area contributed by atoms with Gasteiger partial charge in [-0.05, 0) is 30.5 Å². The second-order valence-corrected chi connectivity index (χ2v) is 5.09. The molecule has 1 N–H and O–H groups in total. The normalized spacial score (nSPS) is 22.2. The molecule has 1 aromatic heterocycles. The smallest absolute Gasteiger partial charge is 0.449 e. The van der Waals surface area contributed by atoms with Crippen LogP contribution >= 0.6 is 0 Å². The summed E-state index contributed by atoms with van der Waals surface area (Å²) in [6, 6.07) is 3.57. The van der Waals surface area contributed by atoms with Crippen LogP contribution in [0.4, 0.5) is 13.2 Å². The van der Waals surface area contributed by atoms with Crippen molar-refractivity contribution < 1.29 is 23.1 Å². The van der Waals surface area contributed by atoms with Gasteiger partial charge in [0.2, 0.25) is 5.82 Å². The maximum Gasteiger partial charge on any atom is 0.449 e. The van der Waals surface area contributed by atoms with Crippen LogP contribution < -0.4 is 0 Å². The predicted molar refractivity (Wildman–Crippen MR) is 64.5 cm³/mol. The molecule has 4 nitrogen and oxygen atoms in total. The summed E-state index contributed by atoms with van der Waals surface area (Å²) in [5.74, 6) is -1.98. The first-order chi connectivity index (χ1) is 9.29. The molecule has 0 aliphatic heterocycles. The summed E-state index contributed by atoms with van der Waals surface area (Å²) < 4.78 is 40.3. The second kappa shape index (κ2) is 3.97. The van der Waals surface area contributed by atoms with Crippen molar-refractivity contribution >= 4 is 17.0 Å². The molecule has 1 aliphatic carbocycles. The van der Waals surface area contributed by atoms with E-state index in [1.54, 1.807) is 0 Å². The molecule has 1 heterocycles. The van der Waals surface area contributed by atoms with Gasteiger partial charge in [0.25, 0.3) is 0 Å². The number of imidazole rings is 1. The molecule has 2 aromatic rings. The molecule has 0 saturated heterocycles. The number of carboxylic acid groups (broad SMARTS) is 1. The zero-order valence-electron chi connectivity index (χ0n) is 10.5. The number of halogens is 3. The van der Waals surface area contributed by atoms with Crippen molar-refractivity contribution in [2.75, 3.05) is 0 Å². The summed E-state index contributed by atoms with van der Waals surface area (Å²) in [6.07, 6.45) is -3.91.